The number of rotatable bonds is 5. The predicted molar refractivity (Wildman–Crippen MR) is 117 cm³/mol. The summed E-state index contributed by atoms with van der Waals surface area (Å²) in [6.07, 6.45) is 0.0427. The first-order valence-corrected chi connectivity index (χ1v) is 10.8. The molecule has 0 radical (unpaired) electrons. The maximum absolute atomic E-state index is 13.8. The van der Waals surface area contributed by atoms with Crippen molar-refractivity contribution in [2.45, 2.75) is 26.0 Å². The van der Waals surface area contributed by atoms with E-state index in [-0.39, 0.29) is 32.9 Å². The Balaban J connectivity index is 1.54. The lowest BCUT2D eigenvalue weighted by atomic mass is 10.1. The van der Waals surface area contributed by atoms with E-state index in [1.807, 2.05) is 0 Å². The Labute approximate surface area is 190 Å². The maximum atomic E-state index is 13.8. The van der Waals surface area contributed by atoms with Crippen LogP contribution >= 0.6 is 34.5 Å². The molecule has 0 saturated heterocycles. The Bertz CT molecular complexity index is 1140. The second kappa shape index (κ2) is 8.91. The summed E-state index contributed by atoms with van der Waals surface area (Å²) >= 11 is 13.6. The van der Waals surface area contributed by atoms with Crippen LogP contribution in [0.2, 0.25) is 10.0 Å². The second-order valence-electron chi connectivity index (χ2n) is 6.77. The number of halogens is 3. The molecular formula is C19H17Cl2FN6O2S. The number of fused-ring (bicyclic) bond motifs is 1. The number of benzene rings is 1. The molecular weight excluding hydrogens is 466 g/mol. The zero-order valence-electron chi connectivity index (χ0n) is 16.2. The Morgan fingerprint density at radius 1 is 1.39 bits per heavy atom. The number of nitrogens with one attached hydrogen (secondary N) is 2. The molecule has 0 fully saturated rings. The fraction of sp³-hybridized carbons (Fsp3) is 0.263. The molecule has 12 heteroatoms. The third kappa shape index (κ3) is 4.57. The van der Waals surface area contributed by atoms with Gasteiger partial charge in [0.15, 0.2) is 22.4 Å². The van der Waals surface area contributed by atoms with E-state index in [0.29, 0.717) is 5.13 Å². The molecule has 1 unspecified atom stereocenters. The number of nitrogens with two attached hydrogens (primary N) is 1. The van der Waals surface area contributed by atoms with Crippen LogP contribution in [0.5, 0.6) is 5.75 Å². The van der Waals surface area contributed by atoms with E-state index < -0.39 is 17.8 Å². The number of amides is 1. The van der Waals surface area contributed by atoms with Gasteiger partial charge in [0.25, 0.3) is 5.91 Å². The molecule has 0 saturated carbocycles. The van der Waals surface area contributed by atoms with Gasteiger partial charge in [-0.05, 0) is 19.1 Å². The Morgan fingerprint density at radius 3 is 2.97 bits per heavy atom. The fourth-order valence-corrected chi connectivity index (χ4v) is 4.74. The molecule has 4 N–H and O–H groups in total. The number of carbonyl (C=O) groups excluding carboxylic acids is 1. The molecule has 1 aliphatic heterocycles. The molecule has 2 aromatic heterocycles. The maximum Gasteiger partial charge on any atom is 0.278 e. The lowest BCUT2D eigenvalue weighted by molar-refractivity contribution is 0.102. The van der Waals surface area contributed by atoms with Gasteiger partial charge in [0.2, 0.25) is 0 Å². The minimum atomic E-state index is -0.767. The average molecular weight is 483 g/mol. The van der Waals surface area contributed by atoms with Gasteiger partial charge in [-0.25, -0.2) is 9.37 Å². The lowest BCUT2D eigenvalue weighted by Crippen LogP contribution is -2.22. The van der Waals surface area contributed by atoms with Crippen LogP contribution in [-0.2, 0) is 13.0 Å². The molecule has 1 atom stereocenters. The van der Waals surface area contributed by atoms with Gasteiger partial charge in [-0.1, -0.05) is 23.2 Å². The molecule has 8 nitrogen and oxygen atoms in total. The topological polar surface area (TPSA) is 115 Å². The van der Waals surface area contributed by atoms with E-state index in [1.54, 1.807) is 6.92 Å². The number of aromatic nitrogens is 3. The lowest BCUT2D eigenvalue weighted by Gasteiger charge is -2.18. The third-order valence-electron chi connectivity index (χ3n) is 4.63. The molecule has 0 spiro atoms. The molecule has 1 aromatic carbocycles. The van der Waals surface area contributed by atoms with Crippen LogP contribution in [0, 0.1) is 5.82 Å². The largest absolute Gasteiger partial charge is 0.482 e. The van der Waals surface area contributed by atoms with Crippen molar-refractivity contribution in [3.63, 3.8) is 0 Å². The van der Waals surface area contributed by atoms with Crippen LogP contribution in [0.3, 0.4) is 0 Å². The van der Waals surface area contributed by atoms with Gasteiger partial charge in [-0.3, -0.25) is 10.1 Å². The van der Waals surface area contributed by atoms with Crippen LogP contribution in [0.4, 0.5) is 15.3 Å². The summed E-state index contributed by atoms with van der Waals surface area (Å²) in [4.78, 5) is 18.2. The average Bonchev–Trinajstić information content (AvgIpc) is 3.15. The van der Waals surface area contributed by atoms with Crippen molar-refractivity contribution < 1.29 is 13.9 Å². The summed E-state index contributed by atoms with van der Waals surface area (Å²) in [7, 11) is 0. The zero-order valence-corrected chi connectivity index (χ0v) is 18.5. The monoisotopic (exact) mass is 482 g/mol. The van der Waals surface area contributed by atoms with Crippen molar-refractivity contribution in [1.29, 1.82) is 0 Å². The number of nitrogens with zero attached hydrogens (tertiary/aromatic N) is 3. The van der Waals surface area contributed by atoms with Gasteiger partial charge >= 0.3 is 0 Å². The Hall–Kier alpha value is -2.53. The van der Waals surface area contributed by atoms with Gasteiger partial charge in [0.05, 0.1) is 10.7 Å². The first-order chi connectivity index (χ1) is 14.8. The first kappa shape index (κ1) is 21.7. The highest BCUT2D eigenvalue weighted by atomic mass is 35.5. The predicted octanol–water partition coefficient (Wildman–Crippen LogP) is 4.00. The molecule has 0 aliphatic carbocycles. The normalized spacial score (nSPS) is 14.1. The highest BCUT2D eigenvalue weighted by Crippen LogP contribution is 2.36. The summed E-state index contributed by atoms with van der Waals surface area (Å²) in [5.41, 5.74) is 7.07. The summed E-state index contributed by atoms with van der Waals surface area (Å²) in [5.74, 6) is -1.08. The number of anilines is 2. The van der Waals surface area contributed by atoms with Crippen molar-refractivity contribution in [2.75, 3.05) is 17.6 Å². The number of ether oxygens (including phenoxy) is 1. The van der Waals surface area contributed by atoms with Crippen molar-refractivity contribution in [3.8, 4) is 5.75 Å². The molecule has 3 heterocycles. The van der Waals surface area contributed by atoms with Gasteiger partial charge in [-0.2, -0.15) is 0 Å². The third-order valence-corrected chi connectivity index (χ3v) is 6.36. The van der Waals surface area contributed by atoms with Crippen molar-refractivity contribution in [3.05, 3.63) is 55.9 Å². The van der Waals surface area contributed by atoms with Crippen LogP contribution < -0.4 is 21.1 Å². The Morgan fingerprint density at radius 2 is 2.19 bits per heavy atom. The number of hydrogen-bond donors (Lipinski definition) is 3. The molecule has 0 bridgehead atoms. The molecule has 4 rings (SSSR count). The van der Waals surface area contributed by atoms with Crippen molar-refractivity contribution in [1.82, 2.24) is 20.5 Å². The minimum absolute atomic E-state index is 0.0147. The summed E-state index contributed by atoms with van der Waals surface area (Å²) < 4.78 is 19.6. The number of hydrogen-bond acceptors (Lipinski definition) is 8. The van der Waals surface area contributed by atoms with E-state index in [4.69, 9.17) is 33.7 Å². The molecule has 1 aliphatic rings. The van der Waals surface area contributed by atoms with Crippen molar-refractivity contribution in [2.24, 2.45) is 0 Å². The summed E-state index contributed by atoms with van der Waals surface area (Å²) in [6, 6.07) is 3.90. The van der Waals surface area contributed by atoms with E-state index in [0.717, 1.165) is 36.1 Å². The number of carbonyl (C=O) groups is 1. The van der Waals surface area contributed by atoms with E-state index in [1.165, 1.54) is 23.5 Å². The highest BCUT2D eigenvalue weighted by molar-refractivity contribution is 7.15. The van der Waals surface area contributed by atoms with Gasteiger partial charge < -0.3 is 15.8 Å². The zero-order chi connectivity index (χ0) is 22.1. The van der Waals surface area contributed by atoms with E-state index >= 15 is 0 Å². The van der Waals surface area contributed by atoms with Crippen LogP contribution in [0.1, 0.15) is 39.7 Å². The first-order valence-electron chi connectivity index (χ1n) is 9.27. The van der Waals surface area contributed by atoms with E-state index in [9.17, 15) is 9.18 Å². The summed E-state index contributed by atoms with van der Waals surface area (Å²) in [5, 5.41) is 14.2. The van der Waals surface area contributed by atoms with Crippen LogP contribution in [-0.4, -0.2) is 27.6 Å². The second-order valence-corrected chi connectivity index (χ2v) is 8.63. The van der Waals surface area contributed by atoms with Gasteiger partial charge in [-0.15, -0.1) is 21.5 Å². The van der Waals surface area contributed by atoms with Crippen LogP contribution in [0.25, 0.3) is 0 Å². The fourth-order valence-electron chi connectivity index (χ4n) is 3.09. The number of thiazole rings is 1. The SMILES string of the molecule is CC(Oc1cc(C(=O)Nc2nc3c(s2)CNCC3)nnc1N)c1c(Cl)ccc(F)c1Cl. The molecule has 3 aromatic rings. The van der Waals surface area contributed by atoms with Gasteiger partial charge in [0, 0.05) is 41.0 Å². The van der Waals surface area contributed by atoms with Crippen molar-refractivity contribution >= 4 is 51.4 Å². The molecule has 162 valence electrons. The van der Waals surface area contributed by atoms with Gasteiger partial charge in [0.1, 0.15) is 11.9 Å². The minimum Gasteiger partial charge on any atom is -0.482 e. The highest BCUT2D eigenvalue weighted by Gasteiger charge is 2.22. The Kier molecular flexibility index (Phi) is 6.24. The van der Waals surface area contributed by atoms with E-state index in [2.05, 4.69) is 25.8 Å². The smallest absolute Gasteiger partial charge is 0.278 e. The molecule has 1 amide bonds. The standard InChI is InChI=1S/C19H17Cl2FN6O2S/c1-8(15-9(20)2-3-10(22)16(15)21)30-13-6-12(27-28-17(13)23)18(29)26-19-25-11-4-5-24-7-14(11)31-19/h2-3,6,8,24H,4-5,7H2,1H3,(H2,23,28)(H,25,26,29). The molecule has 31 heavy (non-hydrogen) atoms. The summed E-state index contributed by atoms with van der Waals surface area (Å²) in [6.45, 7) is 3.21. The quantitative estimate of drug-likeness (QED) is 0.470. The number of nitrogen functional groups attached to an aromatic ring is 1. The van der Waals surface area contributed by atoms with Crippen LogP contribution in [0.15, 0.2) is 18.2 Å².